The first kappa shape index (κ1) is 15.6. The summed E-state index contributed by atoms with van der Waals surface area (Å²) in [6, 6.07) is 11.9. The zero-order chi connectivity index (χ0) is 15.4. The van der Waals surface area contributed by atoms with E-state index < -0.39 is 7.12 Å². The number of hydrogen-bond donors (Lipinski definition) is 3. The number of carbonyl (C=O) groups excluding carboxylic acids is 1. The zero-order valence-corrected chi connectivity index (χ0v) is 12.3. The Kier molecular flexibility index (Phi) is 5.01. The first-order valence-electron chi connectivity index (χ1n) is 6.57. The van der Waals surface area contributed by atoms with Gasteiger partial charge in [0.15, 0.2) is 0 Å². The molecule has 108 valence electrons. The molecule has 21 heavy (non-hydrogen) atoms. The predicted molar refractivity (Wildman–Crippen MR) is 85.1 cm³/mol. The lowest BCUT2D eigenvalue weighted by Gasteiger charge is -2.08. The zero-order valence-electron chi connectivity index (χ0n) is 11.5. The van der Waals surface area contributed by atoms with Crippen LogP contribution in [0.1, 0.15) is 22.8 Å². The van der Waals surface area contributed by atoms with Gasteiger partial charge in [0.1, 0.15) is 0 Å². The minimum atomic E-state index is -1.66. The summed E-state index contributed by atoms with van der Waals surface area (Å²) in [6.07, 6.45) is 0.939. The Bertz CT molecular complexity index is 644. The first-order chi connectivity index (χ1) is 10.0. The van der Waals surface area contributed by atoms with Crippen molar-refractivity contribution in [3.8, 4) is 0 Å². The van der Waals surface area contributed by atoms with E-state index in [1.54, 1.807) is 0 Å². The lowest BCUT2D eigenvalue weighted by molar-refractivity contribution is 0.102. The summed E-state index contributed by atoms with van der Waals surface area (Å²) in [5.41, 5.74) is 2.40. The molecule has 0 fully saturated rings. The summed E-state index contributed by atoms with van der Waals surface area (Å²) < 4.78 is 0. The van der Waals surface area contributed by atoms with E-state index in [0.717, 1.165) is 6.42 Å². The van der Waals surface area contributed by atoms with Crippen LogP contribution < -0.4 is 10.8 Å². The van der Waals surface area contributed by atoms with Crippen molar-refractivity contribution in [1.29, 1.82) is 0 Å². The van der Waals surface area contributed by atoms with Crippen molar-refractivity contribution in [2.24, 2.45) is 0 Å². The largest absolute Gasteiger partial charge is 0.489 e. The summed E-state index contributed by atoms with van der Waals surface area (Å²) in [7, 11) is -1.66. The number of nitrogens with one attached hydrogen (secondary N) is 1. The van der Waals surface area contributed by atoms with Gasteiger partial charge in [0.25, 0.3) is 5.91 Å². The highest BCUT2D eigenvalue weighted by molar-refractivity contribution is 6.62. The molecule has 1 amide bonds. The van der Waals surface area contributed by atoms with E-state index in [4.69, 9.17) is 21.6 Å². The van der Waals surface area contributed by atoms with Crippen LogP contribution in [0.2, 0.25) is 5.02 Å². The maximum atomic E-state index is 12.1. The molecular weight excluding hydrogens is 288 g/mol. The average Bonchev–Trinajstić information content (AvgIpc) is 2.47. The third-order valence-electron chi connectivity index (χ3n) is 3.16. The van der Waals surface area contributed by atoms with Gasteiger partial charge < -0.3 is 15.4 Å². The highest BCUT2D eigenvalue weighted by atomic mass is 35.5. The van der Waals surface area contributed by atoms with Crippen LogP contribution in [0.15, 0.2) is 42.5 Å². The Hall–Kier alpha value is -1.82. The molecule has 0 aromatic heterocycles. The van der Waals surface area contributed by atoms with Gasteiger partial charge in [-0.1, -0.05) is 36.7 Å². The van der Waals surface area contributed by atoms with Crippen molar-refractivity contribution in [1.82, 2.24) is 0 Å². The molecule has 0 aliphatic heterocycles. The summed E-state index contributed by atoms with van der Waals surface area (Å²) in [5, 5.41) is 21.1. The lowest BCUT2D eigenvalue weighted by atomic mass is 9.80. The van der Waals surface area contributed by atoms with Gasteiger partial charge in [-0.25, -0.2) is 0 Å². The molecule has 0 spiro atoms. The maximum absolute atomic E-state index is 12.1. The van der Waals surface area contributed by atoms with E-state index >= 15 is 0 Å². The molecule has 0 unspecified atom stereocenters. The van der Waals surface area contributed by atoms with E-state index in [1.807, 2.05) is 24.3 Å². The Morgan fingerprint density at radius 3 is 2.38 bits per heavy atom. The summed E-state index contributed by atoms with van der Waals surface area (Å²) in [4.78, 5) is 12.1. The average molecular weight is 304 g/mol. The highest BCUT2D eigenvalue weighted by Crippen LogP contribution is 2.14. The first-order valence-corrected chi connectivity index (χ1v) is 6.95. The van der Waals surface area contributed by atoms with E-state index in [-0.39, 0.29) is 16.4 Å². The third kappa shape index (κ3) is 3.85. The molecule has 6 heteroatoms. The molecule has 0 heterocycles. The van der Waals surface area contributed by atoms with E-state index in [9.17, 15) is 4.79 Å². The molecule has 0 aliphatic carbocycles. The van der Waals surface area contributed by atoms with Gasteiger partial charge in [0, 0.05) is 21.7 Å². The van der Waals surface area contributed by atoms with Crippen LogP contribution in [0.4, 0.5) is 5.69 Å². The molecule has 3 N–H and O–H groups in total. The number of aryl methyl sites for hydroxylation is 1. The van der Waals surface area contributed by atoms with Gasteiger partial charge in [0.05, 0.1) is 0 Å². The third-order valence-corrected chi connectivity index (χ3v) is 3.49. The van der Waals surface area contributed by atoms with Crippen LogP contribution in [0.5, 0.6) is 0 Å². The number of rotatable bonds is 4. The number of anilines is 1. The summed E-state index contributed by atoms with van der Waals surface area (Å²) in [5.74, 6) is -0.305. The predicted octanol–water partition coefficient (Wildman–Crippen LogP) is 1.83. The number of amides is 1. The standard InChI is InChI=1S/C15H15BClNO3/c1-2-10-3-6-12(7-4-10)18-15(19)11-5-8-13(16(20)21)14(17)9-11/h3-9,20-21H,2H2,1H3,(H,18,19). The highest BCUT2D eigenvalue weighted by Gasteiger charge is 2.17. The quantitative estimate of drug-likeness (QED) is 0.755. The van der Waals surface area contributed by atoms with Crippen molar-refractivity contribution in [2.45, 2.75) is 13.3 Å². The van der Waals surface area contributed by atoms with Gasteiger partial charge in [-0.2, -0.15) is 0 Å². The van der Waals surface area contributed by atoms with Crippen LogP contribution >= 0.6 is 11.6 Å². The van der Waals surface area contributed by atoms with E-state index in [2.05, 4.69) is 12.2 Å². The smallest absolute Gasteiger partial charge is 0.423 e. The Morgan fingerprint density at radius 1 is 1.19 bits per heavy atom. The van der Waals surface area contributed by atoms with Crippen LogP contribution in [-0.2, 0) is 6.42 Å². The second kappa shape index (κ2) is 6.76. The summed E-state index contributed by atoms with van der Waals surface area (Å²) >= 11 is 5.91. The van der Waals surface area contributed by atoms with E-state index in [1.165, 1.54) is 23.8 Å². The fraction of sp³-hybridized carbons (Fsp3) is 0.133. The molecule has 2 aromatic carbocycles. The second-order valence-corrected chi connectivity index (χ2v) is 5.02. The fourth-order valence-corrected chi connectivity index (χ4v) is 2.18. The Morgan fingerprint density at radius 2 is 1.86 bits per heavy atom. The molecule has 0 saturated heterocycles. The number of carbonyl (C=O) groups is 1. The van der Waals surface area contributed by atoms with E-state index in [0.29, 0.717) is 11.3 Å². The number of benzene rings is 2. The Balaban J connectivity index is 2.14. The summed E-state index contributed by atoms with van der Waals surface area (Å²) in [6.45, 7) is 2.06. The Labute approximate surface area is 128 Å². The van der Waals surface area contributed by atoms with Gasteiger partial charge in [-0.05, 0) is 36.2 Å². The van der Waals surface area contributed by atoms with Crippen LogP contribution in [-0.4, -0.2) is 23.1 Å². The monoisotopic (exact) mass is 303 g/mol. The normalized spacial score (nSPS) is 10.3. The molecular formula is C15H15BClNO3. The molecule has 0 saturated carbocycles. The van der Waals surface area contributed by atoms with Gasteiger partial charge >= 0.3 is 7.12 Å². The molecule has 0 radical (unpaired) electrons. The fourth-order valence-electron chi connectivity index (χ4n) is 1.90. The van der Waals surface area contributed by atoms with Crippen molar-refractivity contribution in [3.05, 3.63) is 58.6 Å². The van der Waals surface area contributed by atoms with Crippen molar-refractivity contribution < 1.29 is 14.8 Å². The number of hydrogen-bond acceptors (Lipinski definition) is 3. The van der Waals surface area contributed by atoms with Gasteiger partial charge in [0.2, 0.25) is 0 Å². The molecule has 2 aromatic rings. The molecule has 0 aliphatic rings. The molecule has 2 rings (SSSR count). The minimum absolute atomic E-state index is 0.138. The topological polar surface area (TPSA) is 69.6 Å². The number of halogens is 1. The SMILES string of the molecule is CCc1ccc(NC(=O)c2ccc(B(O)O)c(Cl)c2)cc1. The minimum Gasteiger partial charge on any atom is -0.423 e. The molecule has 0 bridgehead atoms. The van der Waals surface area contributed by atoms with Gasteiger partial charge in [-0.3, -0.25) is 4.79 Å². The van der Waals surface area contributed by atoms with Crippen molar-refractivity contribution >= 4 is 35.8 Å². The second-order valence-electron chi connectivity index (χ2n) is 4.61. The lowest BCUT2D eigenvalue weighted by Crippen LogP contribution is -2.31. The van der Waals surface area contributed by atoms with Crippen LogP contribution in [0.25, 0.3) is 0 Å². The van der Waals surface area contributed by atoms with Crippen molar-refractivity contribution in [3.63, 3.8) is 0 Å². The maximum Gasteiger partial charge on any atom is 0.489 e. The van der Waals surface area contributed by atoms with Crippen LogP contribution in [0.3, 0.4) is 0 Å². The molecule has 4 nitrogen and oxygen atoms in total. The molecule has 0 atom stereocenters. The van der Waals surface area contributed by atoms with Crippen LogP contribution in [0, 0.1) is 0 Å². The van der Waals surface area contributed by atoms with Gasteiger partial charge in [-0.15, -0.1) is 0 Å². The van der Waals surface area contributed by atoms with Crippen molar-refractivity contribution in [2.75, 3.05) is 5.32 Å².